The molecule has 0 bridgehead atoms. The Bertz CT molecular complexity index is 1050. The van der Waals surface area contributed by atoms with Crippen LogP contribution in [0.5, 0.6) is 5.75 Å². The molecule has 0 saturated carbocycles. The number of pyridine rings is 1. The first-order chi connectivity index (χ1) is 13.6. The maximum absolute atomic E-state index is 12.8. The fraction of sp³-hybridized carbons (Fsp3) is 0.300. The minimum Gasteiger partial charge on any atom is -0.489 e. The monoisotopic (exact) mass is 379 g/mol. The van der Waals surface area contributed by atoms with E-state index in [2.05, 4.69) is 22.3 Å². The summed E-state index contributed by atoms with van der Waals surface area (Å²) < 4.78 is 7.40. The number of carbonyl (C=O) groups is 2. The first kappa shape index (κ1) is 18.0. The Morgan fingerprint density at radius 2 is 2.07 bits per heavy atom. The number of aryl methyl sites for hydroxylation is 1. The third-order valence-corrected chi connectivity index (χ3v) is 4.71. The van der Waals surface area contributed by atoms with Crippen LogP contribution >= 0.6 is 0 Å². The van der Waals surface area contributed by atoms with Crippen LogP contribution in [0.1, 0.15) is 29.7 Å². The van der Waals surface area contributed by atoms with Crippen LogP contribution in [-0.2, 0) is 11.2 Å². The van der Waals surface area contributed by atoms with E-state index < -0.39 is 11.9 Å². The number of hydrogen-bond acceptors (Lipinski definition) is 5. The van der Waals surface area contributed by atoms with Crippen molar-refractivity contribution >= 4 is 23.1 Å². The molecule has 4 rings (SSSR count). The molecule has 0 fully saturated rings. The Kier molecular flexibility index (Phi) is 4.68. The van der Waals surface area contributed by atoms with Gasteiger partial charge in [-0.1, -0.05) is 31.5 Å². The van der Waals surface area contributed by atoms with Crippen molar-refractivity contribution in [2.24, 2.45) is 0 Å². The van der Waals surface area contributed by atoms with Crippen molar-refractivity contribution < 1.29 is 14.3 Å². The Morgan fingerprint density at radius 3 is 2.89 bits per heavy atom. The van der Waals surface area contributed by atoms with Gasteiger partial charge in [0.25, 0.3) is 11.8 Å². The van der Waals surface area contributed by atoms with Crippen LogP contribution in [0.4, 0.5) is 5.69 Å². The Hall–Kier alpha value is -3.42. The summed E-state index contributed by atoms with van der Waals surface area (Å²) in [7, 11) is 1.66. The van der Waals surface area contributed by atoms with Crippen LogP contribution in [0.2, 0.25) is 0 Å². The van der Waals surface area contributed by atoms with Crippen LogP contribution in [0.15, 0.2) is 42.5 Å². The number of likely N-dealkylation sites (N-methyl/N-ethyl adjacent to an activating group) is 1. The largest absolute Gasteiger partial charge is 0.489 e. The normalized spacial score (nSPS) is 16.4. The van der Waals surface area contributed by atoms with E-state index in [0.29, 0.717) is 17.1 Å². The van der Waals surface area contributed by atoms with Crippen molar-refractivity contribution in [3.05, 3.63) is 54.0 Å². The number of ether oxygens (including phenoxy) is 1. The van der Waals surface area contributed by atoms with Gasteiger partial charge in [-0.05, 0) is 30.7 Å². The molecule has 3 aromatic rings. The lowest BCUT2D eigenvalue weighted by molar-refractivity contribution is -0.120. The van der Waals surface area contributed by atoms with Gasteiger partial charge < -0.3 is 15.0 Å². The molecule has 8 nitrogen and oxygen atoms in total. The summed E-state index contributed by atoms with van der Waals surface area (Å²) >= 11 is 0. The molecule has 1 N–H and O–H groups in total. The van der Waals surface area contributed by atoms with Gasteiger partial charge in [-0.2, -0.15) is 0 Å². The molecule has 144 valence electrons. The number of para-hydroxylation sites is 2. The second-order valence-corrected chi connectivity index (χ2v) is 6.67. The second-order valence-electron chi connectivity index (χ2n) is 6.67. The summed E-state index contributed by atoms with van der Waals surface area (Å²) in [5.74, 6) is -0.132. The summed E-state index contributed by atoms with van der Waals surface area (Å²) in [4.78, 5) is 31.3. The minimum absolute atomic E-state index is 0.0285. The Labute approximate surface area is 162 Å². The fourth-order valence-electron chi connectivity index (χ4n) is 3.28. The van der Waals surface area contributed by atoms with Gasteiger partial charge in [0, 0.05) is 12.7 Å². The number of aromatic nitrogens is 3. The predicted octanol–water partition coefficient (Wildman–Crippen LogP) is 1.84. The molecule has 2 aromatic heterocycles. The summed E-state index contributed by atoms with van der Waals surface area (Å²) in [6.45, 7) is 2.12. The third-order valence-electron chi connectivity index (χ3n) is 4.71. The number of nitrogens with zero attached hydrogens (tertiary/aromatic N) is 4. The van der Waals surface area contributed by atoms with Crippen molar-refractivity contribution in [3.8, 4) is 5.75 Å². The van der Waals surface area contributed by atoms with E-state index in [0.717, 1.165) is 18.5 Å². The molecule has 3 heterocycles. The highest BCUT2D eigenvalue weighted by Crippen LogP contribution is 2.29. The average molecular weight is 379 g/mol. The number of fused-ring (bicyclic) bond motifs is 2. The van der Waals surface area contributed by atoms with Crippen LogP contribution in [0, 0.1) is 0 Å². The van der Waals surface area contributed by atoms with Gasteiger partial charge >= 0.3 is 0 Å². The van der Waals surface area contributed by atoms with Crippen LogP contribution in [0.25, 0.3) is 5.65 Å². The molecule has 0 unspecified atom stereocenters. The standard InChI is InChI=1S/C20H21N5O3/c1-3-7-13-8-6-11-17-22-18(23-25(13)17)19(26)21-14-12-28-16-10-5-4-9-15(16)24(2)20(14)27/h4-6,8-11,14H,3,7,12H2,1-2H3,(H,21,26)/t14-/m0/s1. The molecule has 1 aromatic carbocycles. The molecule has 0 spiro atoms. The molecule has 0 aliphatic carbocycles. The number of hydrogen-bond donors (Lipinski definition) is 1. The van der Waals surface area contributed by atoms with Gasteiger partial charge in [0.1, 0.15) is 18.4 Å². The van der Waals surface area contributed by atoms with Crippen molar-refractivity contribution in [2.45, 2.75) is 25.8 Å². The van der Waals surface area contributed by atoms with Crippen LogP contribution in [-0.4, -0.2) is 46.1 Å². The van der Waals surface area contributed by atoms with Crippen molar-refractivity contribution in [2.75, 3.05) is 18.6 Å². The number of nitrogens with one attached hydrogen (secondary N) is 1. The van der Waals surface area contributed by atoms with E-state index in [4.69, 9.17) is 4.74 Å². The lowest BCUT2D eigenvalue weighted by atomic mass is 10.2. The molecule has 1 aliphatic heterocycles. The summed E-state index contributed by atoms with van der Waals surface area (Å²) in [6.07, 6.45) is 1.79. The van der Waals surface area contributed by atoms with E-state index in [9.17, 15) is 9.59 Å². The molecule has 0 saturated heterocycles. The summed E-state index contributed by atoms with van der Waals surface area (Å²) in [5, 5.41) is 7.04. The summed E-state index contributed by atoms with van der Waals surface area (Å²) in [6, 6.07) is 12.1. The summed E-state index contributed by atoms with van der Waals surface area (Å²) in [5.41, 5.74) is 2.25. The Balaban J connectivity index is 1.56. The average Bonchev–Trinajstić information content (AvgIpc) is 3.11. The lowest BCUT2D eigenvalue weighted by Gasteiger charge is -2.19. The zero-order valence-corrected chi connectivity index (χ0v) is 15.8. The van der Waals surface area contributed by atoms with Gasteiger partial charge in [-0.25, -0.2) is 9.50 Å². The van der Waals surface area contributed by atoms with Crippen molar-refractivity contribution in [1.29, 1.82) is 0 Å². The molecule has 2 amide bonds. The number of carbonyl (C=O) groups excluding carboxylic acids is 2. The van der Waals surface area contributed by atoms with Crippen LogP contribution in [0.3, 0.4) is 0 Å². The van der Waals surface area contributed by atoms with E-state index in [1.807, 2.05) is 24.3 Å². The van der Waals surface area contributed by atoms with Gasteiger partial charge in [0.2, 0.25) is 5.82 Å². The number of anilines is 1. The SMILES string of the molecule is CCCc1cccc2nc(C(=O)N[C@H]3COc4ccccc4N(C)C3=O)nn12. The maximum Gasteiger partial charge on any atom is 0.291 e. The number of rotatable bonds is 4. The van der Waals surface area contributed by atoms with Gasteiger partial charge in [-0.3, -0.25) is 9.59 Å². The number of benzene rings is 1. The molecule has 1 aliphatic rings. The van der Waals surface area contributed by atoms with Gasteiger partial charge in [0.15, 0.2) is 5.65 Å². The highest BCUT2D eigenvalue weighted by Gasteiger charge is 2.31. The number of amides is 2. The highest BCUT2D eigenvalue weighted by molar-refractivity contribution is 6.02. The topological polar surface area (TPSA) is 88.8 Å². The van der Waals surface area contributed by atoms with Crippen molar-refractivity contribution in [3.63, 3.8) is 0 Å². The third kappa shape index (κ3) is 3.17. The molecule has 28 heavy (non-hydrogen) atoms. The zero-order valence-electron chi connectivity index (χ0n) is 15.8. The molecule has 8 heteroatoms. The van der Waals surface area contributed by atoms with Crippen LogP contribution < -0.4 is 15.0 Å². The predicted molar refractivity (Wildman–Crippen MR) is 104 cm³/mol. The Morgan fingerprint density at radius 1 is 1.25 bits per heavy atom. The van der Waals surface area contributed by atoms with E-state index >= 15 is 0 Å². The molecule has 0 radical (unpaired) electrons. The van der Waals surface area contributed by atoms with E-state index in [-0.39, 0.29) is 18.3 Å². The minimum atomic E-state index is -0.827. The van der Waals surface area contributed by atoms with Gasteiger partial charge in [-0.15, -0.1) is 5.10 Å². The van der Waals surface area contributed by atoms with E-state index in [1.165, 1.54) is 4.90 Å². The molecule has 1 atom stereocenters. The quantitative estimate of drug-likeness (QED) is 0.747. The molecular formula is C20H21N5O3. The maximum atomic E-state index is 12.8. The first-order valence-corrected chi connectivity index (χ1v) is 9.23. The smallest absolute Gasteiger partial charge is 0.291 e. The van der Waals surface area contributed by atoms with Gasteiger partial charge in [0.05, 0.1) is 5.69 Å². The highest BCUT2D eigenvalue weighted by atomic mass is 16.5. The fourth-order valence-corrected chi connectivity index (χ4v) is 3.28. The van der Waals surface area contributed by atoms with Crippen molar-refractivity contribution in [1.82, 2.24) is 19.9 Å². The second kappa shape index (κ2) is 7.30. The van der Waals surface area contributed by atoms with E-state index in [1.54, 1.807) is 29.8 Å². The zero-order chi connectivity index (χ0) is 19.7. The first-order valence-electron chi connectivity index (χ1n) is 9.23. The lowest BCUT2D eigenvalue weighted by Crippen LogP contribution is -2.49. The molecular weight excluding hydrogens is 358 g/mol.